The Hall–Kier alpha value is -2.32. The van der Waals surface area contributed by atoms with Gasteiger partial charge in [-0.25, -0.2) is 0 Å². The van der Waals surface area contributed by atoms with Crippen LogP contribution in [0.4, 0.5) is 18.9 Å². The minimum absolute atomic E-state index is 0.200. The van der Waals surface area contributed by atoms with Gasteiger partial charge in [-0.2, -0.15) is 0 Å². The lowest BCUT2D eigenvalue weighted by Gasteiger charge is -2.15. The predicted molar refractivity (Wildman–Crippen MR) is 88.8 cm³/mol. The fourth-order valence-electron chi connectivity index (χ4n) is 1.90. The Morgan fingerprint density at radius 2 is 1.71 bits per heavy atom. The highest BCUT2D eigenvalue weighted by Crippen LogP contribution is 2.23. The number of rotatable bonds is 5. The van der Waals surface area contributed by atoms with Gasteiger partial charge >= 0.3 is 6.36 Å². The Balaban J connectivity index is 1.82. The summed E-state index contributed by atoms with van der Waals surface area (Å²) in [5, 5.41) is 15.9. The van der Waals surface area contributed by atoms with E-state index in [0.29, 0.717) is 5.69 Å². The maximum Gasteiger partial charge on any atom is 0.573 e. The molecule has 2 aromatic carbocycles. The Kier molecular flexibility index (Phi) is 5.99. The molecule has 2 aromatic rings. The monoisotopic (exact) mass is 356 g/mol. The van der Waals surface area contributed by atoms with Gasteiger partial charge in [-0.1, -0.05) is 30.3 Å². The fourth-order valence-corrected chi connectivity index (χ4v) is 2.10. The third-order valence-corrected chi connectivity index (χ3v) is 3.23. The van der Waals surface area contributed by atoms with Crippen LogP contribution in [0.2, 0.25) is 0 Å². The van der Waals surface area contributed by atoms with E-state index in [0.717, 1.165) is 5.56 Å². The molecule has 0 heterocycles. The summed E-state index contributed by atoms with van der Waals surface area (Å²) in [4.78, 5) is 0. The van der Waals surface area contributed by atoms with Crippen molar-refractivity contribution in [1.82, 2.24) is 5.32 Å². The Bertz CT molecular complexity index is 663. The van der Waals surface area contributed by atoms with E-state index in [9.17, 15) is 18.3 Å². The Morgan fingerprint density at radius 3 is 2.29 bits per heavy atom. The van der Waals surface area contributed by atoms with E-state index in [1.165, 1.54) is 24.3 Å². The second kappa shape index (κ2) is 7.98. The van der Waals surface area contributed by atoms with Crippen LogP contribution in [-0.4, -0.2) is 23.1 Å². The highest BCUT2D eigenvalue weighted by atomic mass is 32.1. The van der Waals surface area contributed by atoms with Crippen molar-refractivity contribution in [3.8, 4) is 5.75 Å². The van der Waals surface area contributed by atoms with Crippen LogP contribution in [0.3, 0.4) is 0 Å². The molecule has 0 aromatic heterocycles. The molecule has 0 saturated carbocycles. The topological polar surface area (TPSA) is 53.5 Å². The number of ether oxygens (including phenoxy) is 1. The molecule has 8 heteroatoms. The minimum Gasteiger partial charge on any atom is -0.406 e. The molecule has 0 saturated heterocycles. The number of hydrogen-bond donors (Lipinski definition) is 3. The second-order valence-electron chi connectivity index (χ2n) is 4.83. The zero-order chi connectivity index (χ0) is 17.6. The quantitative estimate of drug-likeness (QED) is 0.715. The molecule has 0 spiro atoms. The largest absolute Gasteiger partial charge is 0.573 e. The molecular weight excluding hydrogens is 341 g/mol. The highest BCUT2D eigenvalue weighted by Gasteiger charge is 2.30. The number of alkyl halides is 3. The predicted octanol–water partition coefficient (Wildman–Crippen LogP) is 3.61. The smallest absolute Gasteiger partial charge is 0.406 e. The van der Waals surface area contributed by atoms with Crippen LogP contribution in [0.15, 0.2) is 54.6 Å². The summed E-state index contributed by atoms with van der Waals surface area (Å²) >= 11 is 5.08. The molecule has 0 aliphatic rings. The van der Waals surface area contributed by atoms with Crippen LogP contribution in [0.5, 0.6) is 5.75 Å². The third kappa shape index (κ3) is 6.05. The molecule has 128 valence electrons. The van der Waals surface area contributed by atoms with Crippen LogP contribution in [0, 0.1) is 0 Å². The van der Waals surface area contributed by atoms with Crippen LogP contribution >= 0.6 is 12.2 Å². The van der Waals surface area contributed by atoms with E-state index in [1.807, 2.05) is 18.2 Å². The van der Waals surface area contributed by atoms with Crippen molar-refractivity contribution in [2.75, 3.05) is 11.9 Å². The normalized spacial score (nSPS) is 12.3. The molecule has 1 atom stereocenters. The Labute approximate surface area is 142 Å². The maximum atomic E-state index is 12.1. The molecule has 2 rings (SSSR count). The zero-order valence-corrected chi connectivity index (χ0v) is 13.2. The first-order valence-electron chi connectivity index (χ1n) is 6.97. The van der Waals surface area contributed by atoms with E-state index >= 15 is 0 Å². The summed E-state index contributed by atoms with van der Waals surface area (Å²) in [6, 6.07) is 14.2. The van der Waals surface area contributed by atoms with E-state index in [4.69, 9.17) is 12.2 Å². The van der Waals surface area contributed by atoms with Crippen molar-refractivity contribution in [3.63, 3.8) is 0 Å². The average molecular weight is 356 g/mol. The first-order valence-corrected chi connectivity index (χ1v) is 7.38. The molecule has 24 heavy (non-hydrogen) atoms. The molecule has 0 aliphatic carbocycles. The first kappa shape index (κ1) is 18.0. The minimum atomic E-state index is -4.72. The first-order chi connectivity index (χ1) is 11.3. The molecular formula is C16H15F3N2O2S. The van der Waals surface area contributed by atoms with Gasteiger partial charge in [0, 0.05) is 12.2 Å². The summed E-state index contributed by atoms with van der Waals surface area (Å²) in [5.41, 5.74) is 1.25. The molecule has 0 radical (unpaired) electrons. The standard InChI is InChI=1S/C16H15F3N2O2S/c17-16(18,19)23-13-8-6-12(7-9-13)21-15(24)20-10-14(22)11-4-2-1-3-5-11/h1-9,14,22H,10H2,(H2,20,21,24)/t14-/m0/s1. The molecule has 3 N–H and O–H groups in total. The highest BCUT2D eigenvalue weighted by molar-refractivity contribution is 7.80. The van der Waals surface area contributed by atoms with Gasteiger partial charge < -0.3 is 20.5 Å². The van der Waals surface area contributed by atoms with Gasteiger partial charge in [-0.3, -0.25) is 0 Å². The van der Waals surface area contributed by atoms with Crippen molar-refractivity contribution in [2.24, 2.45) is 0 Å². The summed E-state index contributed by atoms with van der Waals surface area (Å²) in [6.45, 7) is 0.200. The molecule has 0 fully saturated rings. The Morgan fingerprint density at radius 1 is 1.08 bits per heavy atom. The van der Waals surface area contributed by atoms with Gasteiger partial charge in [0.1, 0.15) is 5.75 Å². The van der Waals surface area contributed by atoms with Gasteiger partial charge in [0.05, 0.1) is 6.10 Å². The van der Waals surface area contributed by atoms with Gasteiger partial charge in [0.25, 0.3) is 0 Å². The molecule has 0 amide bonds. The van der Waals surface area contributed by atoms with Crippen molar-refractivity contribution >= 4 is 23.0 Å². The lowest BCUT2D eigenvalue weighted by molar-refractivity contribution is -0.274. The summed E-state index contributed by atoms with van der Waals surface area (Å²) in [5.74, 6) is -0.313. The number of aliphatic hydroxyl groups excluding tert-OH is 1. The van der Waals surface area contributed by atoms with Gasteiger partial charge in [-0.15, -0.1) is 13.2 Å². The van der Waals surface area contributed by atoms with Crippen molar-refractivity contribution in [1.29, 1.82) is 0 Å². The summed E-state index contributed by atoms with van der Waals surface area (Å²) in [7, 11) is 0. The second-order valence-corrected chi connectivity index (χ2v) is 5.24. The van der Waals surface area contributed by atoms with Gasteiger partial charge in [0.15, 0.2) is 5.11 Å². The van der Waals surface area contributed by atoms with Crippen LogP contribution in [0.25, 0.3) is 0 Å². The number of thiocarbonyl (C=S) groups is 1. The molecule has 0 aliphatic heterocycles. The number of hydrogen-bond acceptors (Lipinski definition) is 3. The van der Waals surface area contributed by atoms with Crippen LogP contribution < -0.4 is 15.4 Å². The third-order valence-electron chi connectivity index (χ3n) is 2.99. The van der Waals surface area contributed by atoms with E-state index in [2.05, 4.69) is 15.4 Å². The number of benzene rings is 2. The number of aliphatic hydroxyl groups is 1. The lowest BCUT2D eigenvalue weighted by atomic mass is 10.1. The van der Waals surface area contributed by atoms with E-state index in [-0.39, 0.29) is 17.4 Å². The van der Waals surface area contributed by atoms with Gasteiger partial charge in [0.2, 0.25) is 0 Å². The zero-order valence-electron chi connectivity index (χ0n) is 12.4. The van der Waals surface area contributed by atoms with Crippen LogP contribution in [0.1, 0.15) is 11.7 Å². The molecule has 4 nitrogen and oxygen atoms in total. The average Bonchev–Trinajstić information content (AvgIpc) is 2.54. The number of nitrogens with one attached hydrogen (secondary N) is 2. The van der Waals surface area contributed by atoms with Crippen molar-refractivity contribution in [2.45, 2.75) is 12.5 Å². The van der Waals surface area contributed by atoms with Crippen LogP contribution in [-0.2, 0) is 0 Å². The van der Waals surface area contributed by atoms with Crippen molar-refractivity contribution < 1.29 is 23.0 Å². The number of anilines is 1. The van der Waals surface area contributed by atoms with Gasteiger partial charge in [-0.05, 0) is 42.0 Å². The fraction of sp³-hybridized carbons (Fsp3) is 0.188. The SMILES string of the molecule is O[C@@H](CNC(=S)Nc1ccc(OC(F)(F)F)cc1)c1ccccc1. The summed E-state index contributed by atoms with van der Waals surface area (Å²) in [6.07, 6.45) is -5.45. The maximum absolute atomic E-state index is 12.1. The van der Waals surface area contributed by atoms with E-state index < -0.39 is 12.5 Å². The summed E-state index contributed by atoms with van der Waals surface area (Å²) < 4.78 is 40.0. The van der Waals surface area contributed by atoms with Crippen molar-refractivity contribution in [3.05, 3.63) is 60.2 Å². The van der Waals surface area contributed by atoms with E-state index in [1.54, 1.807) is 12.1 Å². The number of halogens is 3. The molecule has 0 bridgehead atoms. The lowest BCUT2D eigenvalue weighted by Crippen LogP contribution is -2.32. The molecule has 0 unspecified atom stereocenters.